The Balaban J connectivity index is 1.96. The number of carbonyl (C=O) groups excluding carboxylic acids is 1. The Kier molecular flexibility index (Phi) is 5.37. The van der Waals surface area contributed by atoms with E-state index in [0.717, 1.165) is 12.1 Å². The second-order valence-electron chi connectivity index (χ2n) is 6.21. The third-order valence-corrected chi connectivity index (χ3v) is 4.78. The number of nitrogens with one attached hydrogen (secondary N) is 1. The van der Waals surface area contributed by atoms with Crippen molar-refractivity contribution >= 4 is 5.91 Å². The van der Waals surface area contributed by atoms with Crippen molar-refractivity contribution in [3.8, 4) is 0 Å². The number of carbonyl (C=O) groups is 1. The van der Waals surface area contributed by atoms with E-state index >= 15 is 0 Å². The highest BCUT2D eigenvalue weighted by Gasteiger charge is 2.23. The van der Waals surface area contributed by atoms with Gasteiger partial charge in [0.05, 0.1) is 0 Å². The van der Waals surface area contributed by atoms with Crippen LogP contribution >= 0.6 is 0 Å². The summed E-state index contributed by atoms with van der Waals surface area (Å²) in [5, 5.41) is 3.38. The molecule has 3 N–H and O–H groups in total. The molecule has 116 valence electrons. The zero-order chi connectivity index (χ0) is 15.4. The molecule has 0 heterocycles. The van der Waals surface area contributed by atoms with Crippen molar-refractivity contribution in [3.05, 3.63) is 34.9 Å². The first-order valence-electron chi connectivity index (χ1n) is 7.78. The highest BCUT2D eigenvalue weighted by molar-refractivity contribution is 5.93. The largest absolute Gasteiger partial charge is 0.366 e. The Morgan fingerprint density at radius 3 is 2.52 bits per heavy atom. The summed E-state index contributed by atoms with van der Waals surface area (Å²) in [5.74, 6) is -0.358. The van der Waals surface area contributed by atoms with E-state index in [0.29, 0.717) is 17.6 Å². The van der Waals surface area contributed by atoms with Gasteiger partial charge in [0.25, 0.3) is 0 Å². The van der Waals surface area contributed by atoms with Crippen molar-refractivity contribution in [1.82, 2.24) is 10.2 Å². The summed E-state index contributed by atoms with van der Waals surface area (Å²) in [6.07, 6.45) is 5.01. The van der Waals surface area contributed by atoms with Crippen LogP contribution in [0.5, 0.6) is 0 Å². The van der Waals surface area contributed by atoms with Gasteiger partial charge in [-0.05, 0) is 70.0 Å². The number of nitrogens with two attached hydrogens (primary N) is 1. The van der Waals surface area contributed by atoms with Gasteiger partial charge in [0.1, 0.15) is 0 Å². The van der Waals surface area contributed by atoms with E-state index in [9.17, 15) is 4.79 Å². The number of rotatable bonds is 5. The smallest absolute Gasteiger partial charge is 0.248 e. The second kappa shape index (κ2) is 7.05. The van der Waals surface area contributed by atoms with Crippen molar-refractivity contribution < 1.29 is 4.79 Å². The summed E-state index contributed by atoms with van der Waals surface area (Å²) in [4.78, 5) is 13.6. The fourth-order valence-electron chi connectivity index (χ4n) is 3.23. The van der Waals surface area contributed by atoms with Crippen molar-refractivity contribution in [1.29, 1.82) is 0 Å². The fourth-order valence-corrected chi connectivity index (χ4v) is 3.23. The highest BCUT2D eigenvalue weighted by atomic mass is 16.1. The summed E-state index contributed by atoms with van der Waals surface area (Å²) < 4.78 is 0. The summed E-state index contributed by atoms with van der Waals surface area (Å²) in [5.41, 5.74) is 8.33. The van der Waals surface area contributed by atoms with E-state index in [1.165, 1.54) is 31.2 Å². The molecule has 21 heavy (non-hydrogen) atoms. The first kappa shape index (κ1) is 16.0. The summed E-state index contributed by atoms with van der Waals surface area (Å²) in [6.45, 7) is 2.98. The average molecular weight is 289 g/mol. The van der Waals surface area contributed by atoms with Crippen LogP contribution in [0.3, 0.4) is 0 Å². The lowest BCUT2D eigenvalue weighted by molar-refractivity contribution is 0.1000. The molecule has 0 aliphatic heterocycles. The minimum atomic E-state index is -0.358. The standard InChI is InChI=1S/C17H27N3O/c1-12-10-13(17(18)21)4-5-14(12)11-20(3)16-8-6-15(19-2)7-9-16/h4-5,10,15-16,19H,6-9,11H2,1-3H3,(H2,18,21). The summed E-state index contributed by atoms with van der Waals surface area (Å²) in [6, 6.07) is 7.10. The number of aryl methyl sites for hydroxylation is 1. The predicted octanol–water partition coefficient (Wildman–Crippen LogP) is 2.06. The lowest BCUT2D eigenvalue weighted by Crippen LogP contribution is -2.39. The predicted molar refractivity (Wildman–Crippen MR) is 86.3 cm³/mol. The van der Waals surface area contributed by atoms with E-state index in [2.05, 4.69) is 24.3 Å². The van der Waals surface area contributed by atoms with Crippen LogP contribution in [0.25, 0.3) is 0 Å². The maximum absolute atomic E-state index is 11.2. The van der Waals surface area contributed by atoms with E-state index < -0.39 is 0 Å². The van der Waals surface area contributed by atoms with Gasteiger partial charge in [0.2, 0.25) is 5.91 Å². The van der Waals surface area contributed by atoms with Crippen molar-refractivity contribution in [2.45, 2.75) is 51.2 Å². The van der Waals surface area contributed by atoms with Crippen LogP contribution in [-0.4, -0.2) is 37.0 Å². The third-order valence-electron chi connectivity index (χ3n) is 4.78. The van der Waals surface area contributed by atoms with Gasteiger partial charge in [-0.2, -0.15) is 0 Å². The minimum Gasteiger partial charge on any atom is -0.366 e. The van der Waals surface area contributed by atoms with Crippen LogP contribution in [0, 0.1) is 6.92 Å². The monoisotopic (exact) mass is 289 g/mol. The summed E-state index contributed by atoms with van der Waals surface area (Å²) in [7, 11) is 4.25. The number of nitrogens with zero attached hydrogens (tertiary/aromatic N) is 1. The van der Waals surface area contributed by atoms with Crippen molar-refractivity contribution in [2.24, 2.45) is 5.73 Å². The molecule has 0 saturated heterocycles. The molecule has 0 bridgehead atoms. The zero-order valence-corrected chi connectivity index (χ0v) is 13.4. The Bertz CT molecular complexity index is 493. The lowest BCUT2D eigenvalue weighted by atomic mass is 9.90. The van der Waals surface area contributed by atoms with Gasteiger partial charge >= 0.3 is 0 Å². The van der Waals surface area contributed by atoms with Crippen LogP contribution in [0.2, 0.25) is 0 Å². The zero-order valence-electron chi connectivity index (χ0n) is 13.4. The molecule has 1 saturated carbocycles. The first-order valence-corrected chi connectivity index (χ1v) is 7.78. The number of amides is 1. The maximum Gasteiger partial charge on any atom is 0.248 e. The van der Waals surface area contributed by atoms with E-state index in [4.69, 9.17) is 5.73 Å². The van der Waals surface area contributed by atoms with E-state index in [-0.39, 0.29) is 5.91 Å². The van der Waals surface area contributed by atoms with Crippen molar-refractivity contribution in [2.75, 3.05) is 14.1 Å². The Hall–Kier alpha value is -1.39. The Morgan fingerprint density at radius 2 is 2.00 bits per heavy atom. The Morgan fingerprint density at radius 1 is 1.33 bits per heavy atom. The fraction of sp³-hybridized carbons (Fsp3) is 0.588. The molecular weight excluding hydrogens is 262 g/mol. The normalized spacial score (nSPS) is 22.5. The van der Waals surface area contributed by atoms with Gasteiger partial charge in [0, 0.05) is 24.2 Å². The number of benzene rings is 1. The van der Waals surface area contributed by atoms with Gasteiger partial charge in [-0.3, -0.25) is 9.69 Å². The van der Waals surface area contributed by atoms with Gasteiger partial charge in [-0.1, -0.05) is 6.07 Å². The average Bonchev–Trinajstić information content (AvgIpc) is 2.49. The molecule has 0 aromatic heterocycles. The molecule has 2 rings (SSSR count). The molecular formula is C17H27N3O. The van der Waals surface area contributed by atoms with E-state index in [1.54, 1.807) is 0 Å². The van der Waals surface area contributed by atoms with Crippen LogP contribution in [-0.2, 0) is 6.54 Å². The molecule has 1 aliphatic carbocycles. The molecule has 1 aromatic carbocycles. The summed E-state index contributed by atoms with van der Waals surface area (Å²) >= 11 is 0. The number of primary amides is 1. The molecule has 1 fully saturated rings. The van der Waals surface area contributed by atoms with Gasteiger partial charge in [0.15, 0.2) is 0 Å². The second-order valence-corrected chi connectivity index (χ2v) is 6.21. The lowest BCUT2D eigenvalue weighted by Gasteiger charge is -2.35. The van der Waals surface area contributed by atoms with E-state index in [1.807, 2.05) is 25.1 Å². The van der Waals surface area contributed by atoms with Crippen LogP contribution in [0.15, 0.2) is 18.2 Å². The molecule has 1 aliphatic rings. The van der Waals surface area contributed by atoms with Crippen LogP contribution in [0.1, 0.15) is 47.2 Å². The maximum atomic E-state index is 11.2. The molecule has 4 nitrogen and oxygen atoms in total. The molecule has 0 unspecified atom stereocenters. The van der Waals surface area contributed by atoms with Gasteiger partial charge in [-0.15, -0.1) is 0 Å². The molecule has 1 aromatic rings. The highest BCUT2D eigenvalue weighted by Crippen LogP contribution is 2.24. The third kappa shape index (κ3) is 4.05. The minimum absolute atomic E-state index is 0.358. The molecule has 0 spiro atoms. The SMILES string of the molecule is CNC1CCC(N(C)Cc2ccc(C(N)=O)cc2C)CC1. The van der Waals surface area contributed by atoms with Crippen LogP contribution in [0.4, 0.5) is 0 Å². The molecule has 0 radical (unpaired) electrons. The molecule has 1 amide bonds. The topological polar surface area (TPSA) is 58.4 Å². The van der Waals surface area contributed by atoms with Gasteiger partial charge in [-0.25, -0.2) is 0 Å². The Labute approximate surface area is 127 Å². The van der Waals surface area contributed by atoms with Crippen molar-refractivity contribution in [3.63, 3.8) is 0 Å². The van der Waals surface area contributed by atoms with Crippen LogP contribution < -0.4 is 11.1 Å². The quantitative estimate of drug-likeness (QED) is 0.872. The molecule has 4 heteroatoms. The van der Waals surface area contributed by atoms with Gasteiger partial charge < -0.3 is 11.1 Å². The number of hydrogen-bond donors (Lipinski definition) is 2. The first-order chi connectivity index (χ1) is 10.0. The number of hydrogen-bond acceptors (Lipinski definition) is 3. The molecule has 0 atom stereocenters.